The van der Waals surface area contributed by atoms with Gasteiger partial charge in [0.2, 0.25) is 0 Å². The topological polar surface area (TPSA) is 33.0 Å². The third-order valence-corrected chi connectivity index (χ3v) is 4.68. The van der Waals surface area contributed by atoms with Gasteiger partial charge in [0.1, 0.15) is 5.75 Å². The second kappa shape index (κ2) is 10.6. The summed E-state index contributed by atoms with van der Waals surface area (Å²) in [5.41, 5.74) is 2.92. The van der Waals surface area contributed by atoms with E-state index in [1.165, 1.54) is 18.6 Å². The fraction of sp³-hybridized carbons (Fsp3) is 0.286. The minimum atomic E-state index is 0.681. The van der Waals surface area contributed by atoms with Crippen LogP contribution in [0.3, 0.4) is 0 Å². The van der Waals surface area contributed by atoms with E-state index in [4.69, 9.17) is 10.00 Å². The third-order valence-electron chi connectivity index (χ3n) is 3.64. The molecule has 0 atom stereocenters. The molecule has 24 heavy (non-hydrogen) atoms. The molecule has 2 nitrogen and oxygen atoms in total. The van der Waals surface area contributed by atoms with E-state index >= 15 is 0 Å². The fourth-order valence-corrected chi connectivity index (χ4v) is 3.11. The monoisotopic (exact) mass is 337 g/mol. The van der Waals surface area contributed by atoms with Gasteiger partial charge < -0.3 is 4.74 Å². The molecule has 0 bridgehead atoms. The van der Waals surface area contributed by atoms with Crippen molar-refractivity contribution in [1.29, 1.82) is 5.26 Å². The molecule has 0 aliphatic carbocycles. The Hall–Kier alpha value is -2.18. The van der Waals surface area contributed by atoms with Gasteiger partial charge in [-0.05, 0) is 60.4 Å². The van der Waals surface area contributed by atoms with Gasteiger partial charge in [-0.3, -0.25) is 0 Å². The van der Waals surface area contributed by atoms with Crippen LogP contribution in [0.5, 0.6) is 5.75 Å². The van der Waals surface area contributed by atoms with E-state index in [1.54, 1.807) is 0 Å². The predicted octanol–water partition coefficient (Wildman–Crippen LogP) is 5.69. The van der Waals surface area contributed by atoms with Gasteiger partial charge in [-0.1, -0.05) is 30.3 Å². The molecule has 0 N–H and O–H groups in total. The maximum Gasteiger partial charge on any atom is 0.119 e. The van der Waals surface area contributed by atoms with Crippen LogP contribution in [0, 0.1) is 11.3 Å². The van der Waals surface area contributed by atoms with Crippen molar-refractivity contribution in [3.63, 3.8) is 0 Å². The van der Waals surface area contributed by atoms with E-state index in [9.17, 15) is 0 Å². The highest BCUT2D eigenvalue weighted by atomic mass is 32.2. The van der Waals surface area contributed by atoms with Crippen LogP contribution in [0.25, 0.3) is 11.1 Å². The Morgan fingerprint density at radius 1 is 0.958 bits per heavy atom. The second-order valence-electron chi connectivity index (χ2n) is 5.46. The Morgan fingerprint density at radius 2 is 1.62 bits per heavy atom. The van der Waals surface area contributed by atoms with Crippen molar-refractivity contribution in [3.05, 3.63) is 66.7 Å². The third kappa shape index (κ3) is 6.14. The molecule has 2 aromatic carbocycles. The zero-order valence-electron chi connectivity index (χ0n) is 13.9. The highest BCUT2D eigenvalue weighted by molar-refractivity contribution is 7.99. The predicted molar refractivity (Wildman–Crippen MR) is 103 cm³/mol. The molecule has 124 valence electrons. The van der Waals surface area contributed by atoms with E-state index in [1.807, 2.05) is 54.2 Å². The van der Waals surface area contributed by atoms with Crippen LogP contribution in [0.1, 0.15) is 24.8 Å². The minimum Gasteiger partial charge on any atom is -0.493 e. The molecule has 0 radical (unpaired) electrons. The first-order valence-corrected chi connectivity index (χ1v) is 9.41. The number of hydrogen-bond donors (Lipinski definition) is 0. The normalized spacial score (nSPS) is 10.1. The Bertz CT molecular complexity index is 656. The number of rotatable bonds is 10. The van der Waals surface area contributed by atoms with Gasteiger partial charge >= 0.3 is 0 Å². The summed E-state index contributed by atoms with van der Waals surface area (Å²) in [7, 11) is 0. The average Bonchev–Trinajstić information content (AvgIpc) is 2.64. The molecule has 2 rings (SSSR count). The van der Waals surface area contributed by atoms with Crippen LogP contribution in [-0.2, 0) is 0 Å². The number of hydrogen-bond acceptors (Lipinski definition) is 3. The first-order chi connectivity index (χ1) is 11.8. The largest absolute Gasteiger partial charge is 0.493 e. The van der Waals surface area contributed by atoms with Crippen molar-refractivity contribution in [3.8, 4) is 22.9 Å². The molecule has 3 heteroatoms. The SMILES string of the molecule is C=CCCCCSCCOc1ccc(-c2ccc(C#N)cc2)cc1. The molecule has 0 amide bonds. The number of ether oxygens (including phenoxy) is 1. The average molecular weight is 337 g/mol. The van der Waals surface area contributed by atoms with Gasteiger partial charge in [0.25, 0.3) is 0 Å². The van der Waals surface area contributed by atoms with Crippen molar-refractivity contribution >= 4 is 11.8 Å². The van der Waals surface area contributed by atoms with Gasteiger partial charge in [0.15, 0.2) is 0 Å². The van der Waals surface area contributed by atoms with Crippen molar-refractivity contribution < 1.29 is 4.74 Å². The number of unbranched alkanes of at least 4 members (excludes halogenated alkanes) is 2. The number of benzene rings is 2. The standard InChI is InChI=1S/C21H23NOS/c1-2-3-4-5-15-24-16-14-23-21-12-10-20(11-13-21)19-8-6-18(17-22)7-9-19/h2,6-13H,1,3-5,14-16H2. The zero-order valence-corrected chi connectivity index (χ0v) is 14.7. The van der Waals surface area contributed by atoms with E-state index < -0.39 is 0 Å². The summed E-state index contributed by atoms with van der Waals surface area (Å²) >= 11 is 1.94. The van der Waals surface area contributed by atoms with Crippen LogP contribution in [0.4, 0.5) is 0 Å². The number of thioether (sulfide) groups is 1. The maximum atomic E-state index is 8.84. The van der Waals surface area contributed by atoms with Crippen molar-refractivity contribution in [2.24, 2.45) is 0 Å². The first-order valence-electron chi connectivity index (χ1n) is 8.25. The summed E-state index contributed by atoms with van der Waals surface area (Å²) in [6, 6.07) is 17.9. The maximum absolute atomic E-state index is 8.84. The fourth-order valence-electron chi connectivity index (χ4n) is 2.29. The Kier molecular flexibility index (Phi) is 8.00. The molecule has 0 spiro atoms. The van der Waals surface area contributed by atoms with Crippen LogP contribution < -0.4 is 4.74 Å². The lowest BCUT2D eigenvalue weighted by Gasteiger charge is -2.07. The first kappa shape index (κ1) is 18.2. The van der Waals surface area contributed by atoms with Gasteiger partial charge in [-0.15, -0.1) is 6.58 Å². The molecule has 0 saturated heterocycles. The lowest BCUT2D eigenvalue weighted by Crippen LogP contribution is -2.00. The van der Waals surface area contributed by atoms with Crippen LogP contribution in [0.2, 0.25) is 0 Å². The van der Waals surface area contributed by atoms with Gasteiger partial charge in [-0.2, -0.15) is 17.0 Å². The highest BCUT2D eigenvalue weighted by Gasteiger charge is 2.00. The minimum absolute atomic E-state index is 0.681. The molecule has 0 aromatic heterocycles. The highest BCUT2D eigenvalue weighted by Crippen LogP contribution is 2.23. The summed E-state index contributed by atoms with van der Waals surface area (Å²) in [5.74, 6) is 3.11. The quantitative estimate of drug-likeness (QED) is 0.412. The van der Waals surface area contributed by atoms with E-state index in [0.717, 1.165) is 35.7 Å². The summed E-state index contributed by atoms with van der Waals surface area (Å²) in [6.45, 7) is 4.47. The molecule has 0 fully saturated rings. The Morgan fingerprint density at radius 3 is 2.25 bits per heavy atom. The lowest BCUT2D eigenvalue weighted by atomic mass is 10.0. The molecule has 0 aliphatic rings. The van der Waals surface area contributed by atoms with Gasteiger partial charge in [0, 0.05) is 5.75 Å². The smallest absolute Gasteiger partial charge is 0.119 e. The van der Waals surface area contributed by atoms with Crippen molar-refractivity contribution in [2.45, 2.75) is 19.3 Å². The van der Waals surface area contributed by atoms with E-state index in [0.29, 0.717) is 5.56 Å². The molecule has 0 unspecified atom stereocenters. The number of nitrogens with zero attached hydrogens (tertiary/aromatic N) is 1. The Balaban J connectivity index is 1.72. The molecular formula is C21H23NOS. The van der Waals surface area contributed by atoms with Crippen molar-refractivity contribution in [2.75, 3.05) is 18.1 Å². The van der Waals surface area contributed by atoms with Gasteiger partial charge in [0.05, 0.1) is 18.2 Å². The van der Waals surface area contributed by atoms with Crippen LogP contribution >= 0.6 is 11.8 Å². The zero-order chi connectivity index (χ0) is 17.0. The van der Waals surface area contributed by atoms with Crippen LogP contribution in [0.15, 0.2) is 61.2 Å². The van der Waals surface area contributed by atoms with Gasteiger partial charge in [-0.25, -0.2) is 0 Å². The molecular weight excluding hydrogens is 314 g/mol. The lowest BCUT2D eigenvalue weighted by molar-refractivity contribution is 0.344. The van der Waals surface area contributed by atoms with E-state index in [-0.39, 0.29) is 0 Å². The Labute approximate surface area is 149 Å². The molecule has 0 heterocycles. The molecule has 0 aliphatic heterocycles. The van der Waals surface area contributed by atoms with Crippen molar-refractivity contribution in [1.82, 2.24) is 0 Å². The summed E-state index contributed by atoms with van der Waals surface area (Å²) in [4.78, 5) is 0. The summed E-state index contributed by atoms with van der Waals surface area (Å²) in [5, 5.41) is 8.84. The molecule has 2 aromatic rings. The summed E-state index contributed by atoms with van der Waals surface area (Å²) < 4.78 is 5.78. The molecule has 0 saturated carbocycles. The number of allylic oxidation sites excluding steroid dienone is 1. The van der Waals surface area contributed by atoms with E-state index in [2.05, 4.69) is 24.8 Å². The summed E-state index contributed by atoms with van der Waals surface area (Å²) in [6.07, 6.45) is 5.57. The van der Waals surface area contributed by atoms with Crippen LogP contribution in [-0.4, -0.2) is 18.1 Å². The number of nitriles is 1. The second-order valence-corrected chi connectivity index (χ2v) is 6.68.